The molecule has 0 amide bonds. The first kappa shape index (κ1) is 12.7. The molecule has 5 heteroatoms. The molecule has 0 bridgehead atoms. The molecule has 0 saturated carbocycles. The van der Waals surface area contributed by atoms with Gasteiger partial charge in [-0.3, -0.25) is 4.90 Å². The quantitative estimate of drug-likeness (QED) is 0.886. The molecule has 104 valence electrons. The average Bonchev–Trinajstić information content (AvgIpc) is 2.82. The van der Waals surface area contributed by atoms with E-state index in [4.69, 9.17) is 0 Å². The van der Waals surface area contributed by atoms with Crippen LogP contribution in [0, 0.1) is 0 Å². The number of carbonyl (C=O) groups is 1. The van der Waals surface area contributed by atoms with Crippen LogP contribution in [0.25, 0.3) is 0 Å². The fraction of sp³-hybridized carbons (Fsp3) is 0.714. The van der Waals surface area contributed by atoms with Crippen LogP contribution in [0.3, 0.4) is 0 Å². The molecule has 5 nitrogen and oxygen atoms in total. The Kier molecular flexibility index (Phi) is 3.31. The molecule has 19 heavy (non-hydrogen) atoms. The fourth-order valence-electron chi connectivity index (χ4n) is 3.44. The molecule has 2 aliphatic rings. The van der Waals surface area contributed by atoms with Crippen molar-refractivity contribution in [3.05, 3.63) is 17.7 Å². The molecule has 0 aromatic carbocycles. The number of likely N-dealkylation sites (tertiary alicyclic amines) is 1. The van der Waals surface area contributed by atoms with Crippen molar-refractivity contribution in [2.45, 2.75) is 50.6 Å². The van der Waals surface area contributed by atoms with Gasteiger partial charge in [-0.1, -0.05) is 6.42 Å². The average molecular weight is 263 g/mol. The summed E-state index contributed by atoms with van der Waals surface area (Å²) in [6, 6.07) is -0.140. The zero-order valence-electron chi connectivity index (χ0n) is 11.4. The fourth-order valence-corrected chi connectivity index (χ4v) is 3.44. The van der Waals surface area contributed by atoms with Crippen molar-refractivity contribution in [3.8, 4) is 0 Å². The standard InChI is InChI=1S/C14H21N3O2/c1-16-8-3-2-6-11(16)13-15-9-10-5-4-7-12(14(18)19)17(10)13/h9,11-12H,2-8H2,1H3,(H,18,19). The molecule has 3 heterocycles. The summed E-state index contributed by atoms with van der Waals surface area (Å²) in [5, 5.41) is 9.43. The van der Waals surface area contributed by atoms with E-state index in [2.05, 4.69) is 16.9 Å². The largest absolute Gasteiger partial charge is 0.480 e. The van der Waals surface area contributed by atoms with E-state index in [-0.39, 0.29) is 6.04 Å². The summed E-state index contributed by atoms with van der Waals surface area (Å²) in [5.74, 6) is 0.239. The van der Waals surface area contributed by atoms with Crippen LogP contribution < -0.4 is 0 Å². The van der Waals surface area contributed by atoms with Crippen molar-refractivity contribution in [2.75, 3.05) is 13.6 Å². The third-order valence-corrected chi connectivity index (χ3v) is 4.48. The SMILES string of the molecule is CN1CCCCC1c1ncc2n1C(C(=O)O)CCC2. The summed E-state index contributed by atoms with van der Waals surface area (Å²) in [6.45, 7) is 1.07. The van der Waals surface area contributed by atoms with Crippen LogP contribution in [-0.4, -0.2) is 39.1 Å². The van der Waals surface area contributed by atoms with E-state index in [0.717, 1.165) is 43.7 Å². The van der Waals surface area contributed by atoms with E-state index in [1.807, 2.05) is 10.8 Å². The predicted molar refractivity (Wildman–Crippen MR) is 71.1 cm³/mol. The first-order valence-corrected chi connectivity index (χ1v) is 7.17. The van der Waals surface area contributed by atoms with Gasteiger partial charge >= 0.3 is 5.97 Å². The van der Waals surface area contributed by atoms with Crippen molar-refractivity contribution < 1.29 is 9.90 Å². The van der Waals surface area contributed by atoms with E-state index in [0.29, 0.717) is 0 Å². The van der Waals surface area contributed by atoms with Crippen LogP contribution in [0.2, 0.25) is 0 Å². The lowest BCUT2D eigenvalue weighted by molar-refractivity contribution is -0.141. The smallest absolute Gasteiger partial charge is 0.326 e. The predicted octanol–water partition coefficient (Wildman–Crippen LogP) is 2.00. The number of aliphatic carboxylic acids is 1. The number of carboxylic acids is 1. The lowest BCUT2D eigenvalue weighted by atomic mass is 9.99. The number of imidazole rings is 1. The Morgan fingerprint density at radius 3 is 2.95 bits per heavy atom. The highest BCUT2D eigenvalue weighted by molar-refractivity contribution is 5.72. The van der Waals surface area contributed by atoms with Crippen LogP contribution in [-0.2, 0) is 11.2 Å². The molecule has 2 atom stereocenters. The zero-order chi connectivity index (χ0) is 13.4. The van der Waals surface area contributed by atoms with E-state index in [9.17, 15) is 9.90 Å². The highest BCUT2D eigenvalue weighted by Gasteiger charge is 2.33. The van der Waals surface area contributed by atoms with Crippen molar-refractivity contribution in [1.29, 1.82) is 0 Å². The van der Waals surface area contributed by atoms with Gasteiger partial charge in [0.1, 0.15) is 11.9 Å². The number of hydrogen-bond donors (Lipinski definition) is 1. The minimum Gasteiger partial charge on any atom is -0.480 e. The van der Waals surface area contributed by atoms with Crippen LogP contribution in [0.1, 0.15) is 55.7 Å². The van der Waals surface area contributed by atoms with Gasteiger partial charge in [-0.2, -0.15) is 0 Å². The summed E-state index contributed by atoms with van der Waals surface area (Å²) in [4.78, 5) is 18.3. The van der Waals surface area contributed by atoms with E-state index in [1.54, 1.807) is 0 Å². The molecular formula is C14H21N3O2. The topological polar surface area (TPSA) is 58.4 Å². The Balaban J connectivity index is 1.98. The first-order chi connectivity index (χ1) is 9.18. The maximum atomic E-state index is 11.5. The lowest BCUT2D eigenvalue weighted by Crippen LogP contribution is -2.34. The number of hydrogen-bond acceptors (Lipinski definition) is 3. The van der Waals surface area contributed by atoms with Gasteiger partial charge in [0.05, 0.1) is 6.04 Å². The number of piperidine rings is 1. The van der Waals surface area contributed by atoms with Crippen LogP contribution in [0.5, 0.6) is 0 Å². The number of rotatable bonds is 2. The maximum Gasteiger partial charge on any atom is 0.326 e. The Hall–Kier alpha value is -1.36. The Morgan fingerprint density at radius 2 is 2.21 bits per heavy atom. The molecule has 3 rings (SSSR count). The van der Waals surface area contributed by atoms with Gasteiger partial charge in [-0.15, -0.1) is 0 Å². The van der Waals surface area contributed by atoms with Crippen LogP contribution in [0.15, 0.2) is 6.20 Å². The summed E-state index contributed by atoms with van der Waals surface area (Å²) < 4.78 is 2.00. The van der Waals surface area contributed by atoms with Gasteiger partial charge in [0.15, 0.2) is 0 Å². The zero-order valence-corrected chi connectivity index (χ0v) is 11.4. The second-order valence-electron chi connectivity index (χ2n) is 5.72. The molecule has 1 fully saturated rings. The molecule has 0 aliphatic carbocycles. The Bertz CT molecular complexity index is 483. The first-order valence-electron chi connectivity index (χ1n) is 7.17. The minimum atomic E-state index is -0.723. The summed E-state index contributed by atoms with van der Waals surface area (Å²) >= 11 is 0. The van der Waals surface area contributed by atoms with Gasteiger partial charge < -0.3 is 9.67 Å². The molecule has 2 aliphatic heterocycles. The normalized spacial score (nSPS) is 28.1. The van der Waals surface area contributed by atoms with Gasteiger partial charge in [0.2, 0.25) is 0 Å². The number of fused-ring (bicyclic) bond motifs is 1. The van der Waals surface area contributed by atoms with E-state index < -0.39 is 12.0 Å². The molecule has 0 spiro atoms. The molecule has 1 N–H and O–H groups in total. The number of aryl methyl sites for hydroxylation is 1. The number of nitrogens with zero attached hydrogens (tertiary/aromatic N) is 3. The molecule has 2 unspecified atom stereocenters. The minimum absolute atomic E-state index is 0.280. The van der Waals surface area contributed by atoms with Crippen molar-refractivity contribution >= 4 is 5.97 Å². The highest BCUT2D eigenvalue weighted by Crippen LogP contribution is 2.34. The van der Waals surface area contributed by atoms with Gasteiger partial charge in [0, 0.05) is 11.9 Å². The third kappa shape index (κ3) is 2.16. The third-order valence-electron chi connectivity index (χ3n) is 4.48. The Labute approximate surface area is 113 Å². The van der Waals surface area contributed by atoms with E-state index >= 15 is 0 Å². The molecule has 1 aromatic heterocycles. The molecular weight excluding hydrogens is 242 g/mol. The maximum absolute atomic E-state index is 11.5. The second-order valence-corrected chi connectivity index (χ2v) is 5.72. The summed E-state index contributed by atoms with van der Waals surface area (Å²) in [5.41, 5.74) is 1.09. The Morgan fingerprint density at radius 1 is 1.37 bits per heavy atom. The molecule has 1 saturated heterocycles. The number of aromatic nitrogens is 2. The summed E-state index contributed by atoms with van der Waals surface area (Å²) in [6.07, 6.45) is 8.02. The van der Waals surface area contributed by atoms with Crippen LogP contribution in [0.4, 0.5) is 0 Å². The second kappa shape index (κ2) is 4.96. The van der Waals surface area contributed by atoms with Gasteiger partial charge in [0.25, 0.3) is 0 Å². The highest BCUT2D eigenvalue weighted by atomic mass is 16.4. The van der Waals surface area contributed by atoms with Crippen molar-refractivity contribution in [2.24, 2.45) is 0 Å². The molecule has 1 aromatic rings. The van der Waals surface area contributed by atoms with Crippen molar-refractivity contribution in [1.82, 2.24) is 14.5 Å². The monoisotopic (exact) mass is 263 g/mol. The lowest BCUT2D eigenvalue weighted by Gasteiger charge is -2.34. The molecule has 0 radical (unpaired) electrons. The van der Waals surface area contributed by atoms with E-state index in [1.165, 1.54) is 12.8 Å². The summed E-state index contributed by atoms with van der Waals surface area (Å²) in [7, 11) is 2.12. The van der Waals surface area contributed by atoms with Crippen molar-refractivity contribution in [3.63, 3.8) is 0 Å². The van der Waals surface area contributed by atoms with Gasteiger partial charge in [-0.25, -0.2) is 9.78 Å². The van der Waals surface area contributed by atoms with Crippen LogP contribution >= 0.6 is 0 Å². The number of carboxylic acid groups (broad SMARTS) is 1. The van der Waals surface area contributed by atoms with Gasteiger partial charge in [-0.05, 0) is 45.7 Å².